The molecule has 0 amide bonds. The minimum Gasteiger partial charge on any atom is -0.390 e. The lowest BCUT2D eigenvalue weighted by Crippen LogP contribution is -2.16. The first kappa shape index (κ1) is 10.6. The minimum absolute atomic E-state index is 0.0106. The number of rotatable bonds is 4. The van der Waals surface area contributed by atoms with Crippen LogP contribution in [0, 0.1) is 5.92 Å². The Labute approximate surface area is 90.3 Å². The van der Waals surface area contributed by atoms with E-state index >= 15 is 0 Å². The first-order valence-electron chi connectivity index (χ1n) is 5.70. The van der Waals surface area contributed by atoms with Gasteiger partial charge in [-0.05, 0) is 25.7 Å². The SMILES string of the molecule is CC(C)C(C)n1nnc(CO)c1C1CC1. The highest BCUT2D eigenvalue weighted by atomic mass is 16.3. The second kappa shape index (κ2) is 3.93. The molecule has 0 bridgehead atoms. The zero-order valence-corrected chi connectivity index (χ0v) is 9.64. The normalized spacial score (nSPS) is 18.5. The monoisotopic (exact) mass is 209 g/mol. The van der Waals surface area contributed by atoms with E-state index in [9.17, 15) is 5.11 Å². The van der Waals surface area contributed by atoms with Crippen molar-refractivity contribution in [2.45, 2.75) is 52.2 Å². The second-order valence-electron chi connectivity index (χ2n) is 4.78. The van der Waals surface area contributed by atoms with E-state index in [1.807, 2.05) is 4.68 Å². The zero-order chi connectivity index (χ0) is 11.0. The molecule has 4 heteroatoms. The van der Waals surface area contributed by atoms with Crippen LogP contribution in [0.1, 0.15) is 57.0 Å². The standard InChI is InChI=1S/C11H19N3O/c1-7(2)8(3)14-11(9-4-5-9)10(6-15)12-13-14/h7-9,15H,4-6H2,1-3H3. The molecule has 1 N–H and O–H groups in total. The molecular weight excluding hydrogens is 190 g/mol. The van der Waals surface area contributed by atoms with Gasteiger partial charge in [-0.15, -0.1) is 5.10 Å². The lowest BCUT2D eigenvalue weighted by molar-refractivity contribution is 0.275. The number of hydrogen-bond donors (Lipinski definition) is 1. The molecular formula is C11H19N3O. The van der Waals surface area contributed by atoms with Crippen molar-refractivity contribution in [2.24, 2.45) is 5.92 Å². The van der Waals surface area contributed by atoms with Gasteiger partial charge in [0.25, 0.3) is 0 Å². The second-order valence-corrected chi connectivity index (χ2v) is 4.78. The first-order chi connectivity index (χ1) is 7.15. The van der Waals surface area contributed by atoms with Crippen molar-refractivity contribution in [3.8, 4) is 0 Å². The maximum absolute atomic E-state index is 9.21. The van der Waals surface area contributed by atoms with Crippen LogP contribution >= 0.6 is 0 Å². The Hall–Kier alpha value is -0.900. The lowest BCUT2D eigenvalue weighted by Gasteiger charge is -2.18. The van der Waals surface area contributed by atoms with Gasteiger partial charge >= 0.3 is 0 Å². The highest BCUT2D eigenvalue weighted by molar-refractivity contribution is 5.20. The number of aliphatic hydroxyl groups is 1. The number of nitrogens with zero attached hydrogens (tertiary/aromatic N) is 3. The van der Waals surface area contributed by atoms with Crippen LogP contribution in [-0.4, -0.2) is 20.1 Å². The number of aliphatic hydroxyl groups excluding tert-OH is 1. The van der Waals surface area contributed by atoms with Crippen molar-refractivity contribution < 1.29 is 5.11 Å². The summed E-state index contributed by atoms with van der Waals surface area (Å²) in [7, 11) is 0. The van der Waals surface area contributed by atoms with Gasteiger partial charge in [0.15, 0.2) is 0 Å². The van der Waals surface area contributed by atoms with E-state index in [4.69, 9.17) is 0 Å². The molecule has 1 saturated carbocycles. The third-order valence-corrected chi connectivity index (χ3v) is 3.27. The van der Waals surface area contributed by atoms with Crippen LogP contribution in [0.25, 0.3) is 0 Å². The van der Waals surface area contributed by atoms with Gasteiger partial charge in [0.2, 0.25) is 0 Å². The Kier molecular flexibility index (Phi) is 2.78. The Morgan fingerprint density at radius 2 is 2.07 bits per heavy atom. The molecule has 2 rings (SSSR count). The fourth-order valence-electron chi connectivity index (χ4n) is 1.81. The van der Waals surface area contributed by atoms with Crippen LogP contribution in [0.5, 0.6) is 0 Å². The maximum Gasteiger partial charge on any atom is 0.112 e. The molecule has 1 aliphatic rings. The smallest absolute Gasteiger partial charge is 0.112 e. The predicted octanol–water partition coefficient (Wildman–Crippen LogP) is 1.86. The van der Waals surface area contributed by atoms with Crippen LogP contribution in [0.3, 0.4) is 0 Å². The fraction of sp³-hybridized carbons (Fsp3) is 0.818. The van der Waals surface area contributed by atoms with Gasteiger partial charge in [0.05, 0.1) is 18.3 Å². The van der Waals surface area contributed by atoms with Crippen molar-refractivity contribution in [1.29, 1.82) is 0 Å². The molecule has 4 nitrogen and oxygen atoms in total. The molecule has 1 aromatic rings. The predicted molar refractivity (Wildman–Crippen MR) is 57.5 cm³/mol. The van der Waals surface area contributed by atoms with Gasteiger partial charge in [-0.3, -0.25) is 0 Å². The average molecular weight is 209 g/mol. The molecule has 1 fully saturated rings. The van der Waals surface area contributed by atoms with E-state index in [2.05, 4.69) is 31.1 Å². The summed E-state index contributed by atoms with van der Waals surface area (Å²) in [6.07, 6.45) is 2.43. The summed E-state index contributed by atoms with van der Waals surface area (Å²) in [5, 5.41) is 17.5. The Morgan fingerprint density at radius 1 is 1.40 bits per heavy atom. The Balaban J connectivity index is 2.33. The van der Waals surface area contributed by atoms with Gasteiger partial charge in [0.1, 0.15) is 5.69 Å². The zero-order valence-electron chi connectivity index (χ0n) is 9.64. The van der Waals surface area contributed by atoms with Crippen molar-refractivity contribution >= 4 is 0 Å². The summed E-state index contributed by atoms with van der Waals surface area (Å²) >= 11 is 0. The first-order valence-corrected chi connectivity index (χ1v) is 5.70. The van der Waals surface area contributed by atoms with Crippen molar-refractivity contribution in [3.05, 3.63) is 11.4 Å². The van der Waals surface area contributed by atoms with Gasteiger partial charge < -0.3 is 5.11 Å². The van der Waals surface area contributed by atoms with Gasteiger partial charge in [-0.25, -0.2) is 4.68 Å². The number of aromatic nitrogens is 3. The summed E-state index contributed by atoms with van der Waals surface area (Å²) < 4.78 is 2.01. The van der Waals surface area contributed by atoms with E-state index in [-0.39, 0.29) is 6.61 Å². The third kappa shape index (κ3) is 1.91. The van der Waals surface area contributed by atoms with Gasteiger partial charge in [-0.1, -0.05) is 19.1 Å². The van der Waals surface area contributed by atoms with Crippen LogP contribution < -0.4 is 0 Å². The van der Waals surface area contributed by atoms with Crippen LogP contribution in [-0.2, 0) is 6.61 Å². The van der Waals surface area contributed by atoms with Gasteiger partial charge in [-0.2, -0.15) is 0 Å². The van der Waals surface area contributed by atoms with Crippen molar-refractivity contribution in [1.82, 2.24) is 15.0 Å². The van der Waals surface area contributed by atoms with E-state index < -0.39 is 0 Å². The molecule has 1 atom stereocenters. The van der Waals surface area contributed by atoms with E-state index in [1.165, 1.54) is 18.5 Å². The molecule has 1 heterocycles. The largest absolute Gasteiger partial charge is 0.390 e. The molecule has 1 aliphatic carbocycles. The molecule has 0 saturated heterocycles. The highest BCUT2D eigenvalue weighted by Crippen LogP contribution is 2.42. The maximum atomic E-state index is 9.21. The Bertz CT molecular complexity index is 342. The van der Waals surface area contributed by atoms with E-state index in [1.54, 1.807) is 0 Å². The van der Waals surface area contributed by atoms with Crippen molar-refractivity contribution in [2.75, 3.05) is 0 Å². The van der Waals surface area contributed by atoms with E-state index in [0.717, 1.165) is 5.69 Å². The van der Waals surface area contributed by atoms with E-state index in [0.29, 0.717) is 17.9 Å². The summed E-state index contributed by atoms with van der Waals surface area (Å²) in [6.45, 7) is 6.53. The highest BCUT2D eigenvalue weighted by Gasteiger charge is 2.32. The van der Waals surface area contributed by atoms with Crippen molar-refractivity contribution in [3.63, 3.8) is 0 Å². The molecule has 1 aromatic heterocycles. The van der Waals surface area contributed by atoms with Crippen LogP contribution in [0.2, 0.25) is 0 Å². The Morgan fingerprint density at radius 3 is 2.53 bits per heavy atom. The third-order valence-electron chi connectivity index (χ3n) is 3.27. The molecule has 0 aliphatic heterocycles. The summed E-state index contributed by atoms with van der Waals surface area (Å²) in [5.41, 5.74) is 1.93. The molecule has 1 unspecified atom stereocenters. The lowest BCUT2D eigenvalue weighted by atomic mass is 10.1. The minimum atomic E-state index is 0.0106. The average Bonchev–Trinajstić information content (AvgIpc) is 2.96. The molecule has 0 spiro atoms. The van der Waals surface area contributed by atoms with Crippen LogP contribution in [0.4, 0.5) is 0 Å². The fourth-order valence-corrected chi connectivity index (χ4v) is 1.81. The molecule has 84 valence electrons. The van der Waals surface area contributed by atoms with Gasteiger partial charge in [0, 0.05) is 5.92 Å². The molecule has 15 heavy (non-hydrogen) atoms. The number of hydrogen-bond acceptors (Lipinski definition) is 3. The molecule has 0 radical (unpaired) electrons. The van der Waals surface area contributed by atoms with Crippen LogP contribution in [0.15, 0.2) is 0 Å². The summed E-state index contributed by atoms with van der Waals surface area (Å²) in [5.74, 6) is 1.12. The quantitative estimate of drug-likeness (QED) is 0.823. The summed E-state index contributed by atoms with van der Waals surface area (Å²) in [6, 6.07) is 0.355. The summed E-state index contributed by atoms with van der Waals surface area (Å²) in [4.78, 5) is 0. The molecule has 0 aromatic carbocycles. The topological polar surface area (TPSA) is 50.9 Å².